The molecule has 2 aliphatic rings. The van der Waals surface area contributed by atoms with E-state index in [2.05, 4.69) is 20.6 Å². The van der Waals surface area contributed by atoms with Gasteiger partial charge < -0.3 is 14.8 Å². The maximum atomic E-state index is 13.0. The number of H-pyrrole nitrogens is 1. The normalized spacial score (nSPS) is 11.1. The number of phenolic OH excluding ortho intramolecular Hbond substituents is 2. The molecule has 1 aliphatic carbocycles. The molecule has 0 fully saturated rings. The molecule has 0 saturated heterocycles. The third-order valence-corrected chi connectivity index (χ3v) is 4.27. The zero-order valence-corrected chi connectivity index (χ0v) is 13.6. The summed E-state index contributed by atoms with van der Waals surface area (Å²) in [5.41, 5.74) is 2.52. The zero-order chi connectivity index (χ0) is 18.1. The van der Waals surface area contributed by atoms with Crippen LogP contribution in [0.15, 0.2) is 53.3 Å². The summed E-state index contributed by atoms with van der Waals surface area (Å²) < 4.78 is 1.66. The van der Waals surface area contributed by atoms with Crippen LogP contribution in [0.5, 0.6) is 11.5 Å². The number of fused-ring (bicyclic) bond motifs is 1. The van der Waals surface area contributed by atoms with E-state index in [1.54, 1.807) is 10.6 Å². The molecule has 8 nitrogen and oxygen atoms in total. The second-order valence-corrected chi connectivity index (χ2v) is 5.85. The summed E-state index contributed by atoms with van der Waals surface area (Å²) in [5.74, 6) is -0.0931. The Labute approximate surface area is 147 Å². The number of hydrogen-bond donors (Lipinski definition) is 3. The highest BCUT2D eigenvalue weighted by atomic mass is 16.3. The first kappa shape index (κ1) is 15.8. The third kappa shape index (κ3) is 2.67. The number of tetrazole rings is 1. The molecule has 0 saturated carbocycles. The highest BCUT2D eigenvalue weighted by Crippen LogP contribution is 2.30. The Hall–Kier alpha value is -3.68. The Kier molecular flexibility index (Phi) is 3.85. The molecule has 2 heterocycles. The zero-order valence-electron chi connectivity index (χ0n) is 13.6. The average molecular weight is 349 g/mol. The molecule has 3 N–H and O–H groups in total. The van der Waals surface area contributed by atoms with Crippen LogP contribution in [0, 0.1) is 0 Å². The molecule has 4 rings (SSSR count). The maximum Gasteiger partial charge on any atom is 0.262 e. The van der Waals surface area contributed by atoms with Crippen molar-refractivity contribution in [3.05, 3.63) is 64.4 Å². The third-order valence-electron chi connectivity index (χ3n) is 4.27. The van der Waals surface area contributed by atoms with Crippen molar-refractivity contribution in [1.29, 1.82) is 0 Å². The molecule has 0 radical (unpaired) electrons. The van der Waals surface area contributed by atoms with Gasteiger partial charge in [-0.2, -0.15) is 5.21 Å². The van der Waals surface area contributed by atoms with Crippen LogP contribution < -0.4 is 5.56 Å². The number of nitrogens with one attached hydrogen (secondary N) is 1. The number of aromatic amines is 1. The summed E-state index contributed by atoms with van der Waals surface area (Å²) in [6.45, 7) is 0.404. The molecular formula is C18H15N5O3. The fourth-order valence-electron chi connectivity index (χ4n) is 3.02. The van der Waals surface area contributed by atoms with Crippen molar-refractivity contribution < 1.29 is 10.2 Å². The van der Waals surface area contributed by atoms with Gasteiger partial charge in [0.15, 0.2) is 11.5 Å². The van der Waals surface area contributed by atoms with Gasteiger partial charge in [0, 0.05) is 12.1 Å². The Morgan fingerprint density at radius 1 is 1.04 bits per heavy atom. The first-order chi connectivity index (χ1) is 12.6. The van der Waals surface area contributed by atoms with E-state index in [0.29, 0.717) is 18.5 Å². The van der Waals surface area contributed by atoms with E-state index >= 15 is 0 Å². The van der Waals surface area contributed by atoms with E-state index in [-0.39, 0.29) is 22.9 Å². The number of rotatable bonds is 4. The standard InChI is InChI=1S/C18H15N5O3/c24-14-7-6-11(10-15(14)25)8-9-23-13-5-3-1-2-4-12(13)16(18(23)26)17-19-21-22-20-17/h1-7,10,24-25H,8-9H2,(H,19,20,21,22). The van der Waals surface area contributed by atoms with Crippen LogP contribution >= 0.6 is 0 Å². The molecule has 2 aromatic rings. The molecule has 1 aromatic heterocycles. The van der Waals surface area contributed by atoms with Gasteiger partial charge in [0.25, 0.3) is 5.56 Å². The van der Waals surface area contributed by atoms with Gasteiger partial charge in [-0.25, -0.2) is 0 Å². The Balaban J connectivity index is 1.77. The van der Waals surface area contributed by atoms with Gasteiger partial charge in [0.2, 0.25) is 5.82 Å². The topological polar surface area (TPSA) is 117 Å². The molecule has 0 amide bonds. The second-order valence-electron chi connectivity index (χ2n) is 5.85. The largest absolute Gasteiger partial charge is 0.504 e. The number of phenols is 2. The summed E-state index contributed by atoms with van der Waals surface area (Å²) in [7, 11) is 0. The average Bonchev–Trinajstić information content (AvgIpc) is 3.15. The number of hydrogen-bond acceptors (Lipinski definition) is 6. The maximum absolute atomic E-state index is 13.0. The smallest absolute Gasteiger partial charge is 0.262 e. The van der Waals surface area contributed by atoms with Crippen molar-refractivity contribution in [1.82, 2.24) is 25.2 Å². The lowest BCUT2D eigenvalue weighted by Crippen LogP contribution is -2.18. The highest BCUT2D eigenvalue weighted by molar-refractivity contribution is 5.80. The van der Waals surface area contributed by atoms with Crippen LogP contribution in [0.3, 0.4) is 0 Å². The van der Waals surface area contributed by atoms with E-state index in [4.69, 9.17) is 0 Å². The van der Waals surface area contributed by atoms with Gasteiger partial charge in [-0.15, -0.1) is 10.2 Å². The van der Waals surface area contributed by atoms with Crippen molar-refractivity contribution >= 4 is 0 Å². The minimum Gasteiger partial charge on any atom is -0.504 e. The van der Waals surface area contributed by atoms with E-state index in [1.165, 1.54) is 12.1 Å². The fraction of sp³-hybridized carbons (Fsp3) is 0.111. The molecule has 0 unspecified atom stereocenters. The molecule has 1 aromatic carbocycles. The molecule has 0 bridgehead atoms. The molecule has 130 valence electrons. The highest BCUT2D eigenvalue weighted by Gasteiger charge is 2.23. The summed E-state index contributed by atoms with van der Waals surface area (Å²) >= 11 is 0. The van der Waals surface area contributed by atoms with Crippen LogP contribution in [0.2, 0.25) is 0 Å². The Morgan fingerprint density at radius 2 is 1.88 bits per heavy atom. The molecule has 8 heteroatoms. The molecule has 0 atom stereocenters. The molecular weight excluding hydrogens is 334 g/mol. The van der Waals surface area contributed by atoms with Crippen LogP contribution in [0.1, 0.15) is 5.56 Å². The first-order valence-electron chi connectivity index (χ1n) is 8.01. The number of nitrogens with zero attached hydrogens (tertiary/aromatic N) is 4. The van der Waals surface area contributed by atoms with Gasteiger partial charge in [-0.05, 0) is 35.4 Å². The van der Waals surface area contributed by atoms with Crippen molar-refractivity contribution in [2.75, 3.05) is 0 Å². The summed E-state index contributed by atoms with van der Waals surface area (Å²) in [6.07, 6.45) is 0.511. The molecule has 1 aliphatic heterocycles. The minimum atomic E-state index is -0.199. The van der Waals surface area contributed by atoms with Crippen LogP contribution in [-0.4, -0.2) is 35.4 Å². The first-order valence-corrected chi connectivity index (χ1v) is 8.01. The van der Waals surface area contributed by atoms with Crippen molar-refractivity contribution in [2.45, 2.75) is 13.0 Å². The van der Waals surface area contributed by atoms with Crippen molar-refractivity contribution in [3.8, 4) is 34.1 Å². The number of benzene rings is 1. The monoisotopic (exact) mass is 349 g/mol. The number of aryl methyl sites for hydroxylation is 1. The second kappa shape index (κ2) is 6.32. The van der Waals surface area contributed by atoms with Gasteiger partial charge in [-0.3, -0.25) is 4.79 Å². The van der Waals surface area contributed by atoms with Gasteiger partial charge in [-0.1, -0.05) is 30.3 Å². The lowest BCUT2D eigenvalue weighted by atomic mass is 10.1. The Morgan fingerprint density at radius 3 is 2.65 bits per heavy atom. The fourth-order valence-corrected chi connectivity index (χ4v) is 3.02. The van der Waals surface area contributed by atoms with E-state index in [1.807, 2.05) is 30.3 Å². The van der Waals surface area contributed by atoms with E-state index in [0.717, 1.165) is 16.8 Å². The van der Waals surface area contributed by atoms with Crippen LogP contribution in [-0.2, 0) is 13.0 Å². The molecule has 0 spiro atoms. The Bertz CT molecular complexity index is 1090. The molecule has 26 heavy (non-hydrogen) atoms. The van der Waals surface area contributed by atoms with Crippen LogP contribution in [0.25, 0.3) is 22.6 Å². The van der Waals surface area contributed by atoms with Gasteiger partial charge in [0.1, 0.15) is 0 Å². The summed E-state index contributed by atoms with van der Waals surface area (Å²) in [6, 6.07) is 14.0. The van der Waals surface area contributed by atoms with Crippen LogP contribution in [0.4, 0.5) is 0 Å². The number of aromatic nitrogens is 5. The predicted molar refractivity (Wildman–Crippen MR) is 94.0 cm³/mol. The SMILES string of the molecule is O=c1c(-c2nn[nH]n2)c2cccccc-2n1CCc1ccc(O)c(O)c1. The minimum absolute atomic E-state index is 0.170. The number of aromatic hydroxyl groups is 2. The van der Waals surface area contributed by atoms with E-state index < -0.39 is 0 Å². The van der Waals surface area contributed by atoms with Crippen molar-refractivity contribution in [3.63, 3.8) is 0 Å². The van der Waals surface area contributed by atoms with Crippen molar-refractivity contribution in [2.24, 2.45) is 0 Å². The lowest BCUT2D eigenvalue weighted by Gasteiger charge is -2.07. The van der Waals surface area contributed by atoms with E-state index in [9.17, 15) is 15.0 Å². The lowest BCUT2D eigenvalue weighted by molar-refractivity contribution is 0.403. The quantitative estimate of drug-likeness (QED) is 0.484. The summed E-state index contributed by atoms with van der Waals surface area (Å²) in [5, 5.41) is 32.9. The van der Waals surface area contributed by atoms with Gasteiger partial charge >= 0.3 is 0 Å². The predicted octanol–water partition coefficient (Wildman–Crippen LogP) is 1.79. The van der Waals surface area contributed by atoms with Gasteiger partial charge in [0.05, 0.1) is 11.3 Å². The summed E-state index contributed by atoms with van der Waals surface area (Å²) in [4.78, 5) is 13.0.